The second-order valence-corrected chi connectivity index (χ2v) is 5.24. The van der Waals surface area contributed by atoms with Gasteiger partial charge in [0, 0.05) is 13.0 Å². The standard InChI is InChI=1S/C12H25N3O2/c1-12(16)6-4-9-15(10-7-12)8-3-2-5-11(13)14-17/h16-17H,2-10H2,1H3,(H2,13,14). The van der Waals surface area contributed by atoms with Gasteiger partial charge in [-0.05, 0) is 52.1 Å². The molecular formula is C12H25N3O2. The van der Waals surface area contributed by atoms with Gasteiger partial charge in [0.2, 0.25) is 0 Å². The van der Waals surface area contributed by atoms with Crippen LogP contribution >= 0.6 is 0 Å². The van der Waals surface area contributed by atoms with Gasteiger partial charge in [0.1, 0.15) is 5.84 Å². The quantitative estimate of drug-likeness (QED) is 0.222. The highest BCUT2D eigenvalue weighted by atomic mass is 16.4. The number of nitrogens with zero attached hydrogens (tertiary/aromatic N) is 2. The first-order chi connectivity index (χ1) is 8.03. The zero-order chi connectivity index (χ0) is 12.7. The summed E-state index contributed by atoms with van der Waals surface area (Å²) in [5.74, 6) is 0.309. The lowest BCUT2D eigenvalue weighted by molar-refractivity contribution is 0.0446. The van der Waals surface area contributed by atoms with Crippen molar-refractivity contribution in [2.24, 2.45) is 10.9 Å². The zero-order valence-electron chi connectivity index (χ0n) is 10.7. The van der Waals surface area contributed by atoms with Crippen LogP contribution in [-0.4, -0.2) is 46.3 Å². The van der Waals surface area contributed by atoms with E-state index in [0.717, 1.165) is 51.7 Å². The van der Waals surface area contributed by atoms with Gasteiger partial charge in [-0.2, -0.15) is 0 Å². The van der Waals surface area contributed by atoms with E-state index in [4.69, 9.17) is 10.9 Å². The predicted molar refractivity (Wildman–Crippen MR) is 68.2 cm³/mol. The van der Waals surface area contributed by atoms with Crippen molar-refractivity contribution < 1.29 is 10.3 Å². The predicted octanol–water partition coefficient (Wildman–Crippen LogP) is 1.14. The molecule has 0 amide bonds. The Hall–Kier alpha value is -0.810. The Labute approximate surface area is 103 Å². The lowest BCUT2D eigenvalue weighted by Gasteiger charge is -2.22. The summed E-state index contributed by atoms with van der Waals surface area (Å²) in [4.78, 5) is 2.40. The highest BCUT2D eigenvalue weighted by Gasteiger charge is 2.24. The molecule has 0 saturated carbocycles. The lowest BCUT2D eigenvalue weighted by Crippen LogP contribution is -2.29. The Morgan fingerprint density at radius 1 is 1.35 bits per heavy atom. The Morgan fingerprint density at radius 3 is 2.82 bits per heavy atom. The van der Waals surface area contributed by atoms with E-state index in [2.05, 4.69) is 10.1 Å². The number of unbranched alkanes of at least 4 members (excludes halogenated alkanes) is 1. The van der Waals surface area contributed by atoms with E-state index in [1.165, 1.54) is 0 Å². The molecule has 5 heteroatoms. The van der Waals surface area contributed by atoms with Gasteiger partial charge in [-0.15, -0.1) is 0 Å². The van der Waals surface area contributed by atoms with Gasteiger partial charge in [-0.1, -0.05) is 5.16 Å². The molecule has 1 saturated heterocycles. The fraction of sp³-hybridized carbons (Fsp3) is 0.917. The van der Waals surface area contributed by atoms with E-state index in [-0.39, 0.29) is 0 Å². The molecule has 1 aliphatic heterocycles. The summed E-state index contributed by atoms with van der Waals surface area (Å²) in [7, 11) is 0. The Morgan fingerprint density at radius 2 is 2.12 bits per heavy atom. The van der Waals surface area contributed by atoms with E-state index in [1.54, 1.807) is 0 Å². The maximum absolute atomic E-state index is 9.96. The van der Waals surface area contributed by atoms with Gasteiger partial charge in [0.25, 0.3) is 0 Å². The zero-order valence-corrected chi connectivity index (χ0v) is 10.7. The number of likely N-dealkylation sites (tertiary alicyclic amines) is 1. The molecule has 0 radical (unpaired) electrons. The van der Waals surface area contributed by atoms with Crippen molar-refractivity contribution in [2.75, 3.05) is 19.6 Å². The minimum Gasteiger partial charge on any atom is -0.409 e. The summed E-state index contributed by atoms with van der Waals surface area (Å²) in [6, 6.07) is 0. The molecule has 0 bridgehead atoms. The molecule has 100 valence electrons. The Bertz CT molecular complexity index is 254. The van der Waals surface area contributed by atoms with Crippen LogP contribution in [0.1, 0.15) is 45.4 Å². The number of hydrogen-bond acceptors (Lipinski definition) is 4. The van der Waals surface area contributed by atoms with Crippen molar-refractivity contribution in [2.45, 2.75) is 51.0 Å². The third-order valence-electron chi connectivity index (χ3n) is 3.44. The Balaban J connectivity index is 2.15. The molecule has 4 N–H and O–H groups in total. The van der Waals surface area contributed by atoms with Crippen molar-refractivity contribution in [3.63, 3.8) is 0 Å². The average molecular weight is 243 g/mol. The van der Waals surface area contributed by atoms with Crippen molar-refractivity contribution in [3.05, 3.63) is 0 Å². The minimum absolute atomic E-state index is 0.309. The van der Waals surface area contributed by atoms with Gasteiger partial charge in [0.15, 0.2) is 0 Å². The maximum atomic E-state index is 9.96. The average Bonchev–Trinajstić information content (AvgIpc) is 2.46. The van der Waals surface area contributed by atoms with Crippen LogP contribution in [0.4, 0.5) is 0 Å². The highest BCUT2D eigenvalue weighted by molar-refractivity contribution is 5.79. The summed E-state index contributed by atoms with van der Waals surface area (Å²) in [5.41, 5.74) is 4.92. The highest BCUT2D eigenvalue weighted by Crippen LogP contribution is 2.21. The number of nitrogens with two attached hydrogens (primary N) is 1. The van der Waals surface area contributed by atoms with Crippen LogP contribution in [0.2, 0.25) is 0 Å². The van der Waals surface area contributed by atoms with Crippen molar-refractivity contribution in [3.8, 4) is 0 Å². The first-order valence-corrected chi connectivity index (χ1v) is 6.45. The van der Waals surface area contributed by atoms with Crippen molar-refractivity contribution in [1.82, 2.24) is 4.90 Å². The third-order valence-corrected chi connectivity index (χ3v) is 3.44. The maximum Gasteiger partial charge on any atom is 0.139 e. The molecule has 5 nitrogen and oxygen atoms in total. The van der Waals surface area contributed by atoms with Gasteiger partial charge in [0.05, 0.1) is 5.60 Å². The first-order valence-electron chi connectivity index (χ1n) is 6.45. The molecule has 0 spiro atoms. The van der Waals surface area contributed by atoms with E-state index < -0.39 is 5.60 Å². The summed E-state index contributed by atoms with van der Waals surface area (Å²) in [5, 5.41) is 21.3. The molecule has 0 aliphatic carbocycles. The number of oxime groups is 1. The fourth-order valence-electron chi connectivity index (χ4n) is 2.23. The summed E-state index contributed by atoms with van der Waals surface area (Å²) < 4.78 is 0. The molecule has 1 rings (SSSR count). The van der Waals surface area contributed by atoms with E-state index in [9.17, 15) is 5.11 Å². The van der Waals surface area contributed by atoms with Crippen LogP contribution in [0, 0.1) is 0 Å². The molecule has 1 aliphatic rings. The topological polar surface area (TPSA) is 82.1 Å². The molecular weight excluding hydrogens is 218 g/mol. The fourth-order valence-corrected chi connectivity index (χ4v) is 2.23. The van der Waals surface area contributed by atoms with Crippen molar-refractivity contribution in [1.29, 1.82) is 0 Å². The monoisotopic (exact) mass is 243 g/mol. The number of hydrogen-bond donors (Lipinski definition) is 3. The second-order valence-electron chi connectivity index (χ2n) is 5.24. The van der Waals surface area contributed by atoms with Gasteiger partial charge in [-0.3, -0.25) is 0 Å². The van der Waals surface area contributed by atoms with Gasteiger partial charge >= 0.3 is 0 Å². The third kappa shape index (κ3) is 5.89. The lowest BCUT2D eigenvalue weighted by atomic mass is 9.98. The van der Waals surface area contributed by atoms with Crippen molar-refractivity contribution >= 4 is 5.84 Å². The molecule has 0 aromatic carbocycles. The number of aliphatic hydroxyl groups is 1. The van der Waals surface area contributed by atoms with E-state index in [0.29, 0.717) is 12.3 Å². The van der Waals surface area contributed by atoms with Crippen LogP contribution in [0.5, 0.6) is 0 Å². The minimum atomic E-state index is -0.483. The summed E-state index contributed by atoms with van der Waals surface area (Å²) in [6.07, 6.45) is 5.47. The molecule has 0 aromatic heterocycles. The normalized spacial score (nSPS) is 28.0. The van der Waals surface area contributed by atoms with Crippen LogP contribution in [0.3, 0.4) is 0 Å². The smallest absolute Gasteiger partial charge is 0.139 e. The van der Waals surface area contributed by atoms with Crippen LogP contribution in [0.15, 0.2) is 5.16 Å². The van der Waals surface area contributed by atoms with Crippen LogP contribution in [0.25, 0.3) is 0 Å². The number of amidine groups is 1. The van der Waals surface area contributed by atoms with Gasteiger partial charge < -0.3 is 20.9 Å². The van der Waals surface area contributed by atoms with E-state index >= 15 is 0 Å². The molecule has 17 heavy (non-hydrogen) atoms. The van der Waals surface area contributed by atoms with Gasteiger partial charge in [-0.25, -0.2) is 0 Å². The number of rotatable bonds is 5. The Kier molecular flexibility index (Phi) is 5.71. The molecule has 1 unspecified atom stereocenters. The molecule has 1 fully saturated rings. The summed E-state index contributed by atoms with van der Waals surface area (Å²) in [6.45, 7) is 5.00. The van der Waals surface area contributed by atoms with E-state index in [1.807, 2.05) is 6.92 Å². The largest absolute Gasteiger partial charge is 0.409 e. The molecule has 0 aromatic rings. The summed E-state index contributed by atoms with van der Waals surface area (Å²) >= 11 is 0. The van der Waals surface area contributed by atoms with Crippen LogP contribution in [-0.2, 0) is 0 Å². The SMILES string of the molecule is CC1(O)CCCN(CCCCC(N)=NO)CC1. The van der Waals surface area contributed by atoms with Crippen LogP contribution < -0.4 is 5.73 Å². The molecule has 1 atom stereocenters. The molecule has 1 heterocycles. The first kappa shape index (κ1) is 14.3. The second kappa shape index (κ2) is 6.81.